The summed E-state index contributed by atoms with van der Waals surface area (Å²) < 4.78 is 0. The summed E-state index contributed by atoms with van der Waals surface area (Å²) in [6, 6.07) is 0.372. The Morgan fingerprint density at radius 2 is 2.27 bits per heavy atom. The molecule has 0 unspecified atom stereocenters. The lowest BCUT2D eigenvalue weighted by Gasteiger charge is -2.22. The van der Waals surface area contributed by atoms with Crippen molar-refractivity contribution in [3.63, 3.8) is 0 Å². The van der Waals surface area contributed by atoms with Crippen LogP contribution in [0.3, 0.4) is 0 Å². The minimum absolute atomic E-state index is 0.104. The van der Waals surface area contributed by atoms with Crippen LogP contribution in [-0.4, -0.2) is 11.9 Å². The number of hydrogen-bond donors (Lipinski definition) is 1. The van der Waals surface area contributed by atoms with Crippen LogP contribution in [0.1, 0.15) is 39.0 Å². The third-order valence-corrected chi connectivity index (χ3v) is 3.36. The first-order chi connectivity index (χ1) is 7.27. The van der Waals surface area contributed by atoms with E-state index in [0.717, 1.165) is 12.8 Å². The molecule has 0 aliphatic heterocycles. The lowest BCUT2D eigenvalue weighted by molar-refractivity contribution is -0.119. The molecule has 0 radical (unpaired) electrons. The fourth-order valence-electron chi connectivity index (χ4n) is 2.70. The van der Waals surface area contributed by atoms with Crippen molar-refractivity contribution in [1.82, 2.24) is 5.32 Å². The lowest BCUT2D eigenvalue weighted by Crippen LogP contribution is -2.36. The highest BCUT2D eigenvalue weighted by Gasteiger charge is 2.29. The van der Waals surface area contributed by atoms with E-state index in [1.807, 2.05) is 0 Å². The molecule has 15 heavy (non-hydrogen) atoms. The average Bonchev–Trinajstić information content (AvgIpc) is 2.66. The molecule has 1 fully saturated rings. The van der Waals surface area contributed by atoms with Crippen LogP contribution in [-0.2, 0) is 4.79 Å². The van der Waals surface area contributed by atoms with Crippen molar-refractivity contribution in [2.45, 2.75) is 45.1 Å². The van der Waals surface area contributed by atoms with Crippen LogP contribution in [0, 0.1) is 5.92 Å². The van der Waals surface area contributed by atoms with Gasteiger partial charge in [0.15, 0.2) is 0 Å². The van der Waals surface area contributed by atoms with E-state index >= 15 is 0 Å². The van der Waals surface area contributed by atoms with E-state index in [4.69, 9.17) is 0 Å². The van der Waals surface area contributed by atoms with E-state index in [2.05, 4.69) is 23.5 Å². The van der Waals surface area contributed by atoms with Crippen molar-refractivity contribution in [3.8, 4) is 0 Å². The molecule has 1 amide bonds. The molecule has 82 valence electrons. The van der Waals surface area contributed by atoms with Crippen LogP contribution < -0.4 is 5.32 Å². The first-order valence-electron chi connectivity index (χ1n) is 5.91. The molecule has 2 heteroatoms. The second-order valence-corrected chi connectivity index (χ2v) is 4.53. The summed E-state index contributed by atoms with van der Waals surface area (Å²) in [5.41, 5.74) is 1.44. The Labute approximate surface area is 91.4 Å². The highest BCUT2D eigenvalue weighted by Crippen LogP contribution is 2.33. The zero-order valence-corrected chi connectivity index (χ0v) is 9.33. The average molecular weight is 205 g/mol. The summed E-state index contributed by atoms with van der Waals surface area (Å²) >= 11 is 0. The van der Waals surface area contributed by atoms with Gasteiger partial charge in [0.2, 0.25) is 5.91 Å². The summed E-state index contributed by atoms with van der Waals surface area (Å²) in [7, 11) is 0. The molecule has 2 aliphatic carbocycles. The van der Waals surface area contributed by atoms with Gasteiger partial charge in [0.25, 0.3) is 0 Å². The van der Waals surface area contributed by atoms with Gasteiger partial charge in [-0.2, -0.15) is 0 Å². The number of carbonyl (C=O) groups is 1. The molecular weight excluding hydrogens is 186 g/mol. The molecule has 2 rings (SSSR count). The Morgan fingerprint density at radius 3 is 2.93 bits per heavy atom. The first kappa shape index (κ1) is 10.5. The van der Waals surface area contributed by atoms with Crippen molar-refractivity contribution in [3.05, 3.63) is 23.8 Å². The van der Waals surface area contributed by atoms with Gasteiger partial charge in [-0.3, -0.25) is 4.79 Å². The maximum absolute atomic E-state index is 11.1. The summed E-state index contributed by atoms with van der Waals surface area (Å²) in [4.78, 5) is 11.1. The molecule has 0 aromatic heterocycles. The minimum Gasteiger partial charge on any atom is -0.353 e. The van der Waals surface area contributed by atoms with Crippen molar-refractivity contribution in [2.24, 2.45) is 5.92 Å². The van der Waals surface area contributed by atoms with Gasteiger partial charge < -0.3 is 5.32 Å². The van der Waals surface area contributed by atoms with Gasteiger partial charge in [0.05, 0.1) is 0 Å². The van der Waals surface area contributed by atoms with Crippen LogP contribution in [0.5, 0.6) is 0 Å². The summed E-state index contributed by atoms with van der Waals surface area (Å²) in [5.74, 6) is 0.665. The van der Waals surface area contributed by atoms with Gasteiger partial charge in [0.1, 0.15) is 0 Å². The molecule has 1 saturated carbocycles. The Morgan fingerprint density at radius 1 is 1.40 bits per heavy atom. The molecule has 2 atom stereocenters. The Hall–Kier alpha value is -1.05. The highest BCUT2D eigenvalue weighted by atomic mass is 16.1. The number of carbonyl (C=O) groups excluding carboxylic acids is 1. The first-order valence-corrected chi connectivity index (χ1v) is 5.91. The molecule has 0 bridgehead atoms. The van der Waals surface area contributed by atoms with Crippen LogP contribution in [0.2, 0.25) is 0 Å². The van der Waals surface area contributed by atoms with E-state index in [9.17, 15) is 4.79 Å². The molecule has 2 nitrogen and oxygen atoms in total. The zero-order valence-electron chi connectivity index (χ0n) is 9.33. The topological polar surface area (TPSA) is 29.1 Å². The van der Waals surface area contributed by atoms with E-state index in [1.165, 1.54) is 24.8 Å². The van der Waals surface area contributed by atoms with Crippen molar-refractivity contribution < 1.29 is 4.79 Å². The zero-order chi connectivity index (χ0) is 10.7. The van der Waals surface area contributed by atoms with E-state index in [0.29, 0.717) is 12.0 Å². The van der Waals surface area contributed by atoms with Gasteiger partial charge in [0, 0.05) is 18.9 Å². The molecule has 1 N–H and O–H groups in total. The van der Waals surface area contributed by atoms with Crippen molar-refractivity contribution in [1.29, 1.82) is 0 Å². The smallest absolute Gasteiger partial charge is 0.217 e. The SMILES string of the molecule is CC(=O)N[C@@H]1CCC[C@H]1C1=CCCC=C1. The Balaban J connectivity index is 2.03. The summed E-state index contributed by atoms with van der Waals surface area (Å²) in [6.07, 6.45) is 12.8. The largest absolute Gasteiger partial charge is 0.353 e. The number of rotatable bonds is 2. The third-order valence-electron chi connectivity index (χ3n) is 3.36. The van der Waals surface area contributed by atoms with Crippen LogP contribution >= 0.6 is 0 Å². The van der Waals surface area contributed by atoms with Crippen molar-refractivity contribution in [2.75, 3.05) is 0 Å². The summed E-state index contributed by atoms with van der Waals surface area (Å²) in [6.45, 7) is 1.61. The molecule has 0 spiro atoms. The van der Waals surface area contributed by atoms with Gasteiger partial charge in [-0.05, 0) is 31.3 Å². The number of amides is 1. The number of hydrogen-bond acceptors (Lipinski definition) is 1. The molecular formula is C13H19NO. The van der Waals surface area contributed by atoms with Gasteiger partial charge >= 0.3 is 0 Å². The summed E-state index contributed by atoms with van der Waals surface area (Å²) in [5, 5.41) is 3.08. The molecule has 0 heterocycles. The van der Waals surface area contributed by atoms with E-state index < -0.39 is 0 Å². The molecule has 2 aliphatic rings. The van der Waals surface area contributed by atoms with E-state index in [1.54, 1.807) is 6.92 Å². The van der Waals surface area contributed by atoms with Crippen LogP contribution in [0.25, 0.3) is 0 Å². The number of nitrogens with one attached hydrogen (secondary N) is 1. The predicted octanol–water partition coefficient (Wildman–Crippen LogP) is 2.57. The quantitative estimate of drug-likeness (QED) is 0.737. The van der Waals surface area contributed by atoms with E-state index in [-0.39, 0.29) is 5.91 Å². The maximum Gasteiger partial charge on any atom is 0.217 e. The maximum atomic E-state index is 11.1. The Bertz CT molecular complexity index is 304. The molecule has 0 aromatic rings. The monoisotopic (exact) mass is 205 g/mol. The van der Waals surface area contributed by atoms with Gasteiger partial charge in [-0.1, -0.05) is 24.6 Å². The molecule has 0 saturated heterocycles. The van der Waals surface area contributed by atoms with Crippen LogP contribution in [0.15, 0.2) is 23.8 Å². The molecule has 0 aromatic carbocycles. The fraction of sp³-hybridized carbons (Fsp3) is 0.615. The van der Waals surface area contributed by atoms with Crippen molar-refractivity contribution >= 4 is 5.91 Å². The highest BCUT2D eigenvalue weighted by molar-refractivity contribution is 5.73. The third kappa shape index (κ3) is 2.49. The van der Waals surface area contributed by atoms with Crippen LogP contribution in [0.4, 0.5) is 0 Å². The standard InChI is InChI=1S/C13H19NO/c1-10(15)14-13-9-5-8-12(13)11-6-3-2-4-7-11/h3,6-7,12-13H,2,4-5,8-9H2,1H3,(H,14,15)/t12-,13+/m0/s1. The van der Waals surface area contributed by atoms with Gasteiger partial charge in [-0.15, -0.1) is 0 Å². The Kier molecular flexibility index (Phi) is 3.24. The predicted molar refractivity (Wildman–Crippen MR) is 61.4 cm³/mol. The number of allylic oxidation sites excluding steroid dienone is 3. The second kappa shape index (κ2) is 4.65. The normalized spacial score (nSPS) is 30.1. The van der Waals surface area contributed by atoms with Gasteiger partial charge in [-0.25, -0.2) is 0 Å². The minimum atomic E-state index is 0.104. The second-order valence-electron chi connectivity index (χ2n) is 4.53. The fourth-order valence-corrected chi connectivity index (χ4v) is 2.70. The lowest BCUT2D eigenvalue weighted by atomic mass is 9.90.